The second-order valence-electron chi connectivity index (χ2n) is 6.66. The van der Waals surface area contributed by atoms with Gasteiger partial charge in [-0.05, 0) is 55.8 Å². The molecule has 1 saturated heterocycles. The molecule has 6 nitrogen and oxygen atoms in total. The summed E-state index contributed by atoms with van der Waals surface area (Å²) < 4.78 is 5.30. The van der Waals surface area contributed by atoms with Crippen molar-refractivity contribution in [2.24, 2.45) is 4.99 Å². The summed E-state index contributed by atoms with van der Waals surface area (Å²) in [6.07, 6.45) is 4.33. The van der Waals surface area contributed by atoms with E-state index in [1.54, 1.807) is 20.4 Å². The lowest BCUT2D eigenvalue weighted by Crippen LogP contribution is -2.42. The normalized spacial score (nSPS) is 15.6. The van der Waals surface area contributed by atoms with Crippen LogP contribution >= 0.6 is 24.0 Å². The molecule has 1 atom stereocenters. The van der Waals surface area contributed by atoms with Crippen LogP contribution in [0.1, 0.15) is 30.1 Å². The Labute approximate surface area is 184 Å². The minimum atomic E-state index is 0. The Hall–Kier alpha value is -1.87. The second kappa shape index (κ2) is 11.9. The van der Waals surface area contributed by atoms with E-state index < -0.39 is 0 Å². The summed E-state index contributed by atoms with van der Waals surface area (Å²) in [5.74, 6) is 1.68. The van der Waals surface area contributed by atoms with E-state index in [1.165, 1.54) is 18.4 Å². The summed E-state index contributed by atoms with van der Waals surface area (Å²) in [5, 5.41) is 6.82. The predicted molar refractivity (Wildman–Crippen MR) is 124 cm³/mol. The molecule has 0 spiro atoms. The molecule has 3 rings (SSSR count). The standard InChI is InChI=1S/C21H29N5O.HI/c1-22-21(24-15-18-7-3-4-12-23-18)25-16-20(26-13-5-6-14-26)17-8-10-19(27-2)11-9-17;/h3-4,7-12,20H,5-6,13-16H2,1-2H3,(H2,22,24,25);1H. The predicted octanol–water partition coefficient (Wildman–Crippen LogP) is 3.21. The number of methoxy groups -OCH3 is 1. The average Bonchev–Trinajstić information content (AvgIpc) is 3.26. The van der Waals surface area contributed by atoms with Gasteiger partial charge in [0, 0.05) is 19.8 Å². The first-order valence-corrected chi connectivity index (χ1v) is 9.52. The maximum atomic E-state index is 5.30. The fraction of sp³-hybridized carbons (Fsp3) is 0.429. The number of pyridine rings is 1. The number of hydrogen-bond acceptors (Lipinski definition) is 4. The van der Waals surface area contributed by atoms with Crippen LogP contribution in [0.3, 0.4) is 0 Å². The van der Waals surface area contributed by atoms with Crippen LogP contribution in [0.4, 0.5) is 0 Å². The smallest absolute Gasteiger partial charge is 0.191 e. The van der Waals surface area contributed by atoms with Gasteiger partial charge in [-0.1, -0.05) is 18.2 Å². The third-order valence-electron chi connectivity index (χ3n) is 4.93. The number of nitrogens with one attached hydrogen (secondary N) is 2. The highest BCUT2D eigenvalue weighted by Gasteiger charge is 2.23. The van der Waals surface area contributed by atoms with Crippen molar-refractivity contribution in [1.29, 1.82) is 0 Å². The van der Waals surface area contributed by atoms with Gasteiger partial charge in [-0.2, -0.15) is 0 Å². The lowest BCUT2D eigenvalue weighted by Gasteiger charge is -2.29. The highest BCUT2D eigenvalue weighted by molar-refractivity contribution is 14.0. The Morgan fingerprint density at radius 2 is 1.89 bits per heavy atom. The molecule has 7 heteroatoms. The molecule has 2 N–H and O–H groups in total. The third kappa shape index (κ3) is 6.34. The zero-order valence-electron chi connectivity index (χ0n) is 16.6. The van der Waals surface area contributed by atoms with E-state index in [4.69, 9.17) is 4.74 Å². The molecule has 0 saturated carbocycles. The molecular weight excluding hydrogens is 465 g/mol. The molecule has 0 radical (unpaired) electrons. The van der Waals surface area contributed by atoms with Gasteiger partial charge in [-0.3, -0.25) is 14.9 Å². The number of aliphatic imine (C=N–C) groups is 1. The summed E-state index contributed by atoms with van der Waals surface area (Å²) in [6.45, 7) is 3.72. The van der Waals surface area contributed by atoms with Crippen LogP contribution in [0.25, 0.3) is 0 Å². The molecule has 1 aromatic heterocycles. The number of halogens is 1. The van der Waals surface area contributed by atoms with Gasteiger partial charge in [0.05, 0.1) is 25.4 Å². The number of nitrogens with zero attached hydrogens (tertiary/aromatic N) is 3. The van der Waals surface area contributed by atoms with Gasteiger partial charge in [0.1, 0.15) is 5.75 Å². The number of aromatic nitrogens is 1. The zero-order valence-corrected chi connectivity index (χ0v) is 18.9. The van der Waals surface area contributed by atoms with E-state index in [9.17, 15) is 0 Å². The van der Waals surface area contributed by atoms with Crippen molar-refractivity contribution in [3.8, 4) is 5.75 Å². The van der Waals surface area contributed by atoms with Crippen LogP contribution in [-0.4, -0.2) is 49.6 Å². The van der Waals surface area contributed by atoms with E-state index in [0.717, 1.165) is 37.0 Å². The minimum Gasteiger partial charge on any atom is -0.497 e. The van der Waals surface area contributed by atoms with Gasteiger partial charge in [0.25, 0.3) is 0 Å². The number of guanidine groups is 1. The summed E-state index contributed by atoms with van der Waals surface area (Å²) in [7, 11) is 3.50. The Balaban J connectivity index is 0.00000280. The zero-order chi connectivity index (χ0) is 18.9. The molecule has 0 bridgehead atoms. The van der Waals surface area contributed by atoms with Crippen molar-refractivity contribution in [3.63, 3.8) is 0 Å². The number of benzene rings is 1. The van der Waals surface area contributed by atoms with Crippen molar-refractivity contribution in [1.82, 2.24) is 20.5 Å². The van der Waals surface area contributed by atoms with Gasteiger partial charge < -0.3 is 15.4 Å². The maximum absolute atomic E-state index is 5.30. The molecule has 2 aromatic rings. The van der Waals surface area contributed by atoms with Crippen LogP contribution in [0.5, 0.6) is 5.75 Å². The SMILES string of the molecule is CN=C(NCc1ccccn1)NCC(c1ccc(OC)cc1)N1CCCC1.I. The number of rotatable bonds is 7. The van der Waals surface area contributed by atoms with Crippen molar-refractivity contribution in [3.05, 3.63) is 59.9 Å². The molecule has 1 fully saturated rings. The number of hydrogen-bond donors (Lipinski definition) is 2. The number of ether oxygens (including phenoxy) is 1. The lowest BCUT2D eigenvalue weighted by molar-refractivity contribution is 0.245. The fourth-order valence-corrected chi connectivity index (χ4v) is 3.43. The van der Waals surface area contributed by atoms with Crippen molar-refractivity contribution in [2.75, 3.05) is 33.8 Å². The highest BCUT2D eigenvalue weighted by Crippen LogP contribution is 2.26. The third-order valence-corrected chi connectivity index (χ3v) is 4.93. The molecule has 152 valence electrons. The van der Waals surface area contributed by atoms with Gasteiger partial charge >= 0.3 is 0 Å². The van der Waals surface area contributed by atoms with E-state index in [-0.39, 0.29) is 24.0 Å². The molecule has 1 aromatic carbocycles. The van der Waals surface area contributed by atoms with Crippen LogP contribution < -0.4 is 15.4 Å². The molecule has 1 aliphatic rings. The van der Waals surface area contributed by atoms with E-state index in [0.29, 0.717) is 12.6 Å². The molecule has 0 amide bonds. The first-order valence-electron chi connectivity index (χ1n) is 9.52. The van der Waals surface area contributed by atoms with E-state index >= 15 is 0 Å². The van der Waals surface area contributed by atoms with Crippen LogP contribution in [0.15, 0.2) is 53.7 Å². The summed E-state index contributed by atoms with van der Waals surface area (Å²) in [5.41, 5.74) is 2.29. The largest absolute Gasteiger partial charge is 0.497 e. The first kappa shape index (κ1) is 22.4. The Kier molecular flexibility index (Phi) is 9.49. The van der Waals surface area contributed by atoms with Gasteiger partial charge in [-0.25, -0.2) is 0 Å². The highest BCUT2D eigenvalue weighted by atomic mass is 127. The molecule has 1 aliphatic heterocycles. The van der Waals surface area contributed by atoms with Crippen LogP contribution in [0, 0.1) is 0 Å². The van der Waals surface area contributed by atoms with Gasteiger partial charge in [0.15, 0.2) is 5.96 Å². The number of likely N-dealkylation sites (tertiary alicyclic amines) is 1. The van der Waals surface area contributed by atoms with E-state index in [2.05, 4.69) is 37.6 Å². The quantitative estimate of drug-likeness (QED) is 0.351. The van der Waals surface area contributed by atoms with Gasteiger partial charge in [-0.15, -0.1) is 24.0 Å². The molecule has 0 aliphatic carbocycles. The summed E-state index contributed by atoms with van der Waals surface area (Å²) in [4.78, 5) is 11.2. The molecular formula is C21H30IN5O. The average molecular weight is 495 g/mol. The Bertz CT molecular complexity index is 717. The second-order valence-corrected chi connectivity index (χ2v) is 6.66. The monoisotopic (exact) mass is 495 g/mol. The molecule has 1 unspecified atom stereocenters. The van der Waals surface area contributed by atoms with E-state index in [1.807, 2.05) is 30.3 Å². The Morgan fingerprint density at radius 3 is 2.50 bits per heavy atom. The topological polar surface area (TPSA) is 61.8 Å². The fourth-order valence-electron chi connectivity index (χ4n) is 3.43. The minimum absolute atomic E-state index is 0. The molecule has 2 heterocycles. The van der Waals surface area contributed by atoms with Crippen LogP contribution in [0.2, 0.25) is 0 Å². The van der Waals surface area contributed by atoms with Crippen molar-refractivity contribution >= 4 is 29.9 Å². The molecule has 28 heavy (non-hydrogen) atoms. The Morgan fingerprint density at radius 1 is 1.14 bits per heavy atom. The first-order chi connectivity index (χ1) is 13.3. The van der Waals surface area contributed by atoms with Gasteiger partial charge in [0.2, 0.25) is 0 Å². The maximum Gasteiger partial charge on any atom is 0.191 e. The summed E-state index contributed by atoms with van der Waals surface area (Å²) in [6, 6.07) is 14.6. The lowest BCUT2D eigenvalue weighted by atomic mass is 10.1. The van der Waals surface area contributed by atoms with Crippen molar-refractivity contribution in [2.45, 2.75) is 25.4 Å². The summed E-state index contributed by atoms with van der Waals surface area (Å²) >= 11 is 0. The van der Waals surface area contributed by atoms with Crippen LogP contribution in [-0.2, 0) is 6.54 Å². The van der Waals surface area contributed by atoms with Crippen molar-refractivity contribution < 1.29 is 4.74 Å².